The van der Waals surface area contributed by atoms with Crippen molar-refractivity contribution in [1.82, 2.24) is 10.3 Å². The standard InChI is InChI=1S/C19H21N3O3/c1-13-16(19(24)25)9-10-17(21-13)18(23)20-12-15-8-5-11-22(15)14-6-3-2-4-7-14/h2-4,6-7,9-10,15H,5,8,11-12H2,1H3,(H,20,23)(H,24,25). The Labute approximate surface area is 146 Å². The van der Waals surface area contributed by atoms with Gasteiger partial charge in [0.15, 0.2) is 0 Å². The number of benzene rings is 1. The van der Waals surface area contributed by atoms with Gasteiger partial charge in [0.2, 0.25) is 0 Å². The summed E-state index contributed by atoms with van der Waals surface area (Å²) in [4.78, 5) is 29.8. The first kappa shape index (κ1) is 17.0. The van der Waals surface area contributed by atoms with Gasteiger partial charge >= 0.3 is 5.97 Å². The quantitative estimate of drug-likeness (QED) is 0.874. The maximum absolute atomic E-state index is 12.3. The lowest BCUT2D eigenvalue weighted by atomic mass is 10.1. The van der Waals surface area contributed by atoms with Crippen molar-refractivity contribution in [2.24, 2.45) is 0 Å². The van der Waals surface area contributed by atoms with Crippen LogP contribution in [0.4, 0.5) is 5.69 Å². The van der Waals surface area contributed by atoms with Gasteiger partial charge < -0.3 is 15.3 Å². The third-order valence-corrected chi connectivity index (χ3v) is 4.51. The van der Waals surface area contributed by atoms with Crippen LogP contribution in [0.2, 0.25) is 0 Å². The largest absolute Gasteiger partial charge is 0.478 e. The number of nitrogens with one attached hydrogen (secondary N) is 1. The molecule has 2 aromatic rings. The number of para-hydroxylation sites is 1. The van der Waals surface area contributed by atoms with E-state index < -0.39 is 5.97 Å². The summed E-state index contributed by atoms with van der Waals surface area (Å²) in [6, 6.07) is 13.3. The molecule has 1 aromatic heterocycles. The summed E-state index contributed by atoms with van der Waals surface area (Å²) in [5.74, 6) is -1.32. The molecule has 25 heavy (non-hydrogen) atoms. The van der Waals surface area contributed by atoms with Crippen molar-refractivity contribution in [2.75, 3.05) is 18.0 Å². The van der Waals surface area contributed by atoms with E-state index in [9.17, 15) is 9.59 Å². The molecule has 0 aliphatic carbocycles. The maximum Gasteiger partial charge on any atom is 0.337 e. The molecule has 1 aliphatic heterocycles. The van der Waals surface area contributed by atoms with Gasteiger partial charge in [0.25, 0.3) is 5.91 Å². The molecular formula is C19H21N3O3. The number of aromatic nitrogens is 1. The van der Waals surface area contributed by atoms with Crippen molar-refractivity contribution in [2.45, 2.75) is 25.8 Å². The van der Waals surface area contributed by atoms with Gasteiger partial charge in [-0.25, -0.2) is 9.78 Å². The topological polar surface area (TPSA) is 82.5 Å². The molecule has 0 spiro atoms. The Bertz CT molecular complexity index is 777. The zero-order chi connectivity index (χ0) is 17.8. The highest BCUT2D eigenvalue weighted by atomic mass is 16.4. The molecule has 1 aromatic carbocycles. The lowest BCUT2D eigenvalue weighted by Gasteiger charge is -2.27. The van der Waals surface area contributed by atoms with Crippen LogP contribution in [0.15, 0.2) is 42.5 Å². The monoisotopic (exact) mass is 339 g/mol. The molecule has 3 rings (SSSR count). The van der Waals surface area contributed by atoms with Gasteiger partial charge in [-0.15, -0.1) is 0 Å². The summed E-state index contributed by atoms with van der Waals surface area (Å²) in [5.41, 5.74) is 1.86. The normalized spacial score (nSPS) is 16.7. The Kier molecular flexibility index (Phi) is 4.97. The van der Waals surface area contributed by atoms with Crippen LogP contribution in [0.25, 0.3) is 0 Å². The van der Waals surface area contributed by atoms with E-state index in [1.54, 1.807) is 6.92 Å². The number of aromatic carboxylic acids is 1. The molecular weight excluding hydrogens is 318 g/mol. The third-order valence-electron chi connectivity index (χ3n) is 4.51. The molecule has 6 heteroatoms. The number of anilines is 1. The Hall–Kier alpha value is -2.89. The first-order valence-corrected chi connectivity index (χ1v) is 8.37. The van der Waals surface area contributed by atoms with Crippen LogP contribution < -0.4 is 10.2 Å². The van der Waals surface area contributed by atoms with E-state index in [4.69, 9.17) is 5.11 Å². The molecule has 1 amide bonds. The predicted molar refractivity (Wildman–Crippen MR) is 95.1 cm³/mol. The van der Waals surface area contributed by atoms with Crippen molar-refractivity contribution in [3.05, 3.63) is 59.4 Å². The minimum absolute atomic E-state index is 0.114. The number of nitrogens with zero attached hydrogens (tertiary/aromatic N) is 2. The van der Waals surface area contributed by atoms with Crippen molar-refractivity contribution >= 4 is 17.6 Å². The van der Waals surface area contributed by atoms with Crippen LogP contribution >= 0.6 is 0 Å². The maximum atomic E-state index is 12.3. The summed E-state index contributed by atoms with van der Waals surface area (Å²) < 4.78 is 0. The first-order valence-electron chi connectivity index (χ1n) is 8.37. The number of carboxylic acid groups (broad SMARTS) is 1. The van der Waals surface area contributed by atoms with E-state index in [2.05, 4.69) is 27.3 Å². The molecule has 1 aliphatic rings. The molecule has 0 bridgehead atoms. The van der Waals surface area contributed by atoms with E-state index in [0.29, 0.717) is 12.2 Å². The molecule has 6 nitrogen and oxygen atoms in total. The van der Waals surface area contributed by atoms with Gasteiger partial charge in [-0.05, 0) is 44.0 Å². The van der Waals surface area contributed by atoms with Crippen molar-refractivity contribution < 1.29 is 14.7 Å². The number of hydrogen-bond donors (Lipinski definition) is 2. The van der Waals surface area contributed by atoms with Crippen LogP contribution in [-0.2, 0) is 0 Å². The Morgan fingerprint density at radius 3 is 2.68 bits per heavy atom. The van der Waals surface area contributed by atoms with Crippen LogP contribution in [0.5, 0.6) is 0 Å². The summed E-state index contributed by atoms with van der Waals surface area (Å²) in [6.45, 7) is 3.11. The fraction of sp³-hybridized carbons (Fsp3) is 0.316. The van der Waals surface area contributed by atoms with Crippen molar-refractivity contribution in [1.29, 1.82) is 0 Å². The number of hydrogen-bond acceptors (Lipinski definition) is 4. The molecule has 1 unspecified atom stereocenters. The van der Waals surface area contributed by atoms with E-state index in [-0.39, 0.29) is 23.2 Å². The van der Waals surface area contributed by atoms with Gasteiger partial charge in [0.05, 0.1) is 11.3 Å². The number of aryl methyl sites for hydroxylation is 1. The smallest absolute Gasteiger partial charge is 0.337 e. The highest BCUT2D eigenvalue weighted by Crippen LogP contribution is 2.24. The second kappa shape index (κ2) is 7.34. The van der Waals surface area contributed by atoms with E-state index in [1.165, 1.54) is 17.8 Å². The number of carboxylic acids is 1. The van der Waals surface area contributed by atoms with Crippen LogP contribution in [-0.4, -0.2) is 41.1 Å². The van der Waals surface area contributed by atoms with Gasteiger partial charge in [0, 0.05) is 24.8 Å². The number of carbonyl (C=O) groups is 2. The molecule has 2 heterocycles. The lowest BCUT2D eigenvalue weighted by Crippen LogP contribution is -2.40. The summed E-state index contributed by atoms with van der Waals surface area (Å²) in [6.07, 6.45) is 2.12. The second-order valence-corrected chi connectivity index (χ2v) is 6.17. The van der Waals surface area contributed by atoms with Crippen LogP contribution in [0, 0.1) is 6.92 Å². The zero-order valence-corrected chi connectivity index (χ0v) is 14.1. The Morgan fingerprint density at radius 2 is 2.00 bits per heavy atom. The predicted octanol–water partition coefficient (Wildman–Crippen LogP) is 2.49. The second-order valence-electron chi connectivity index (χ2n) is 6.17. The molecule has 1 saturated heterocycles. The van der Waals surface area contributed by atoms with Gasteiger partial charge in [-0.2, -0.15) is 0 Å². The first-order chi connectivity index (χ1) is 12.1. The average Bonchev–Trinajstić information content (AvgIpc) is 3.08. The van der Waals surface area contributed by atoms with Gasteiger partial charge in [-0.1, -0.05) is 18.2 Å². The molecule has 0 radical (unpaired) electrons. The van der Waals surface area contributed by atoms with E-state index >= 15 is 0 Å². The fourth-order valence-corrected chi connectivity index (χ4v) is 3.22. The molecule has 2 N–H and O–H groups in total. The highest BCUT2D eigenvalue weighted by molar-refractivity contribution is 5.94. The minimum atomic E-state index is -1.04. The van der Waals surface area contributed by atoms with Gasteiger partial charge in [0.1, 0.15) is 5.69 Å². The SMILES string of the molecule is Cc1nc(C(=O)NCC2CCCN2c2ccccc2)ccc1C(=O)O. The number of amides is 1. The Morgan fingerprint density at radius 1 is 1.24 bits per heavy atom. The Balaban J connectivity index is 1.64. The zero-order valence-electron chi connectivity index (χ0n) is 14.1. The van der Waals surface area contributed by atoms with Crippen molar-refractivity contribution in [3.63, 3.8) is 0 Å². The fourth-order valence-electron chi connectivity index (χ4n) is 3.22. The average molecular weight is 339 g/mol. The molecule has 0 saturated carbocycles. The van der Waals surface area contributed by atoms with Crippen LogP contribution in [0.3, 0.4) is 0 Å². The van der Waals surface area contributed by atoms with Crippen molar-refractivity contribution in [3.8, 4) is 0 Å². The number of pyridine rings is 1. The molecule has 1 atom stereocenters. The summed E-state index contributed by atoms with van der Waals surface area (Å²) in [7, 11) is 0. The summed E-state index contributed by atoms with van der Waals surface area (Å²) >= 11 is 0. The van der Waals surface area contributed by atoms with E-state index in [1.807, 2.05) is 18.2 Å². The number of rotatable bonds is 5. The summed E-state index contributed by atoms with van der Waals surface area (Å²) in [5, 5.41) is 12.0. The van der Waals surface area contributed by atoms with E-state index in [0.717, 1.165) is 19.4 Å². The third kappa shape index (κ3) is 3.79. The molecule has 1 fully saturated rings. The van der Waals surface area contributed by atoms with Gasteiger partial charge in [-0.3, -0.25) is 4.79 Å². The molecule has 130 valence electrons. The highest BCUT2D eigenvalue weighted by Gasteiger charge is 2.25. The number of carbonyl (C=O) groups excluding carboxylic acids is 1. The lowest BCUT2D eigenvalue weighted by molar-refractivity contribution is 0.0694. The minimum Gasteiger partial charge on any atom is -0.478 e. The van der Waals surface area contributed by atoms with Crippen LogP contribution in [0.1, 0.15) is 39.4 Å².